The molecule has 0 saturated carbocycles. The Bertz CT molecular complexity index is 1130. The van der Waals surface area contributed by atoms with E-state index in [0.29, 0.717) is 6.54 Å². The van der Waals surface area contributed by atoms with E-state index in [9.17, 15) is 5.11 Å². The number of fused-ring (bicyclic) bond motifs is 1. The van der Waals surface area contributed by atoms with Crippen LogP contribution in [-0.2, 0) is 6.42 Å². The summed E-state index contributed by atoms with van der Waals surface area (Å²) in [5, 5.41) is 10.6. The van der Waals surface area contributed by atoms with Crippen LogP contribution in [0, 0.1) is 13.8 Å². The van der Waals surface area contributed by atoms with Crippen LogP contribution < -0.4 is 0 Å². The normalized spacial score (nSPS) is 16.2. The van der Waals surface area contributed by atoms with Crippen LogP contribution in [0.5, 0.6) is 0 Å². The summed E-state index contributed by atoms with van der Waals surface area (Å²) in [6.07, 6.45) is 5.66. The number of aliphatic imine (C=N–C) groups is 1. The van der Waals surface area contributed by atoms with Crippen molar-refractivity contribution in [2.24, 2.45) is 4.99 Å². The van der Waals surface area contributed by atoms with Gasteiger partial charge in [-0.05, 0) is 56.0 Å². The summed E-state index contributed by atoms with van der Waals surface area (Å²) in [6.45, 7) is 15.5. The van der Waals surface area contributed by atoms with E-state index >= 15 is 0 Å². The maximum absolute atomic E-state index is 10.6. The van der Waals surface area contributed by atoms with Crippen LogP contribution in [0.3, 0.4) is 0 Å². The number of benzene rings is 2. The molecular weight excluding hydrogens is 446 g/mol. The monoisotopic (exact) mass is 489 g/mol. The number of aliphatic hydroxyl groups is 1. The first-order chi connectivity index (χ1) is 17.5. The number of aliphatic hydroxyl groups excluding tert-OH is 1. The van der Waals surface area contributed by atoms with Crippen molar-refractivity contribution >= 4 is 16.9 Å². The molecule has 194 valence electrons. The molecule has 36 heavy (non-hydrogen) atoms. The second-order valence-electron chi connectivity index (χ2n) is 9.17. The number of allylic oxidation sites excluding steroid dienone is 1. The number of β-amino-alcohol motifs (C(OH)–C–C–N with tert-alkyl or cyclic N) is 1. The van der Waals surface area contributed by atoms with Crippen molar-refractivity contribution in [2.45, 2.75) is 53.6 Å². The number of imidazole rings is 1. The maximum Gasteiger partial charge on any atom is 0.123 e. The third-order valence-electron chi connectivity index (χ3n) is 6.40. The molecule has 4 rings (SSSR count). The average molecular weight is 490 g/mol. The van der Waals surface area contributed by atoms with Crippen molar-refractivity contribution < 1.29 is 5.11 Å². The predicted octanol–water partition coefficient (Wildman–Crippen LogP) is 5.46. The van der Waals surface area contributed by atoms with Gasteiger partial charge >= 0.3 is 0 Å². The number of aryl methyl sites for hydroxylation is 2. The van der Waals surface area contributed by atoms with Gasteiger partial charge in [0.05, 0.1) is 17.1 Å². The van der Waals surface area contributed by atoms with Crippen LogP contribution in [0.1, 0.15) is 55.8 Å². The molecule has 0 radical (unpaired) electrons. The number of hydrogen-bond donors (Lipinski definition) is 2. The quantitative estimate of drug-likeness (QED) is 0.341. The zero-order chi connectivity index (χ0) is 25.9. The fraction of sp³-hybridized carbons (Fsp3) is 0.467. The molecule has 1 atom stereocenters. The molecular formula is C30H43N5O. The molecule has 1 aliphatic rings. The lowest BCUT2D eigenvalue weighted by molar-refractivity contribution is 0.116. The van der Waals surface area contributed by atoms with Gasteiger partial charge in [0, 0.05) is 45.7 Å². The summed E-state index contributed by atoms with van der Waals surface area (Å²) in [6, 6.07) is 14.3. The van der Waals surface area contributed by atoms with Crippen molar-refractivity contribution in [2.75, 3.05) is 39.3 Å². The predicted molar refractivity (Wildman–Crippen MR) is 152 cm³/mol. The maximum atomic E-state index is 10.6. The fourth-order valence-corrected chi connectivity index (χ4v) is 4.72. The molecule has 0 bridgehead atoms. The summed E-state index contributed by atoms with van der Waals surface area (Å²) in [5.74, 6) is 2.02. The van der Waals surface area contributed by atoms with Crippen LogP contribution in [0.2, 0.25) is 0 Å². The summed E-state index contributed by atoms with van der Waals surface area (Å²) in [5.41, 5.74) is 5.60. The van der Waals surface area contributed by atoms with Gasteiger partial charge in [0.15, 0.2) is 0 Å². The smallest absolute Gasteiger partial charge is 0.123 e. The highest BCUT2D eigenvalue weighted by atomic mass is 16.3. The van der Waals surface area contributed by atoms with Crippen molar-refractivity contribution in [3.05, 3.63) is 77.1 Å². The van der Waals surface area contributed by atoms with E-state index in [0.717, 1.165) is 73.8 Å². The first kappa shape index (κ1) is 27.6. The van der Waals surface area contributed by atoms with Crippen LogP contribution in [0.4, 0.5) is 0 Å². The Labute approximate surface area is 216 Å². The van der Waals surface area contributed by atoms with E-state index in [4.69, 9.17) is 9.98 Å². The van der Waals surface area contributed by atoms with Crippen molar-refractivity contribution in [1.29, 1.82) is 0 Å². The Hall–Kier alpha value is -2.96. The van der Waals surface area contributed by atoms with Crippen molar-refractivity contribution in [3.8, 4) is 0 Å². The van der Waals surface area contributed by atoms with Crippen molar-refractivity contribution in [1.82, 2.24) is 19.8 Å². The fourth-order valence-electron chi connectivity index (χ4n) is 4.72. The molecule has 2 aromatic carbocycles. The first-order valence-corrected chi connectivity index (χ1v) is 13.4. The van der Waals surface area contributed by atoms with E-state index < -0.39 is 6.10 Å². The topological polar surface area (TPSA) is 67.8 Å². The van der Waals surface area contributed by atoms with Crippen LogP contribution >= 0.6 is 0 Å². The summed E-state index contributed by atoms with van der Waals surface area (Å²) < 4.78 is 0. The Kier molecular flexibility index (Phi) is 10.7. The molecule has 1 saturated heterocycles. The van der Waals surface area contributed by atoms with Crippen LogP contribution in [0.25, 0.3) is 11.0 Å². The summed E-state index contributed by atoms with van der Waals surface area (Å²) >= 11 is 0. The number of rotatable bonds is 7. The lowest BCUT2D eigenvalue weighted by atomic mass is 10.1. The first-order valence-electron chi connectivity index (χ1n) is 13.4. The van der Waals surface area contributed by atoms with Crippen molar-refractivity contribution in [3.63, 3.8) is 0 Å². The Balaban J connectivity index is 0.00000176. The van der Waals surface area contributed by atoms with E-state index in [1.54, 1.807) is 0 Å². The minimum Gasteiger partial charge on any atom is -0.387 e. The van der Waals surface area contributed by atoms with Gasteiger partial charge in [0.2, 0.25) is 0 Å². The summed E-state index contributed by atoms with van der Waals surface area (Å²) in [4.78, 5) is 17.8. The molecule has 0 aliphatic carbocycles. The van der Waals surface area contributed by atoms with Gasteiger partial charge in [-0.3, -0.25) is 9.89 Å². The number of aromatic amines is 1. The molecule has 1 aromatic heterocycles. The number of nitrogens with one attached hydrogen (secondary N) is 1. The van der Waals surface area contributed by atoms with Gasteiger partial charge in [0.1, 0.15) is 11.7 Å². The molecule has 6 nitrogen and oxygen atoms in total. The number of hydrogen-bond acceptors (Lipinski definition) is 4. The minimum absolute atomic E-state index is 0.451. The lowest BCUT2D eigenvalue weighted by Gasteiger charge is -2.25. The number of amidine groups is 1. The molecule has 2 heterocycles. The van der Waals surface area contributed by atoms with E-state index in [2.05, 4.69) is 59.8 Å². The molecule has 6 heteroatoms. The SMILES string of the molecule is CC.CCN=C(/C=C\Cc1nc2c(C)cc(C)cc2[nH]1)N1CCCN(CC(O)c2ccccc2)CC1. The highest BCUT2D eigenvalue weighted by molar-refractivity contribution is 5.93. The van der Waals surface area contributed by atoms with E-state index in [-0.39, 0.29) is 0 Å². The van der Waals surface area contributed by atoms with Gasteiger partial charge in [0.25, 0.3) is 0 Å². The van der Waals surface area contributed by atoms with Crippen LogP contribution in [-0.4, -0.2) is 70.0 Å². The zero-order valence-corrected chi connectivity index (χ0v) is 22.7. The van der Waals surface area contributed by atoms with Gasteiger partial charge in [-0.1, -0.05) is 56.3 Å². The molecule has 1 unspecified atom stereocenters. The second-order valence-corrected chi connectivity index (χ2v) is 9.17. The Morgan fingerprint density at radius 1 is 1.11 bits per heavy atom. The Morgan fingerprint density at radius 2 is 1.89 bits per heavy atom. The van der Waals surface area contributed by atoms with Gasteiger partial charge in [-0.2, -0.15) is 0 Å². The highest BCUT2D eigenvalue weighted by Crippen LogP contribution is 2.19. The minimum atomic E-state index is -0.451. The standard InChI is InChI=1S/C28H37N5O.C2H6/c1-4-29-27(13-8-12-26-30-24-19-21(2)18-22(3)28(24)31-26)33-15-9-14-32(16-17-33)20-25(34)23-10-6-5-7-11-23;1-2/h5-8,10-11,13,18-19,25,34H,4,9,12,14-17,20H2,1-3H3,(H,30,31);1-2H3/b13-8-,29-27?;. The van der Waals surface area contributed by atoms with Crippen LogP contribution in [0.15, 0.2) is 59.6 Å². The lowest BCUT2D eigenvalue weighted by Crippen LogP contribution is -2.35. The largest absolute Gasteiger partial charge is 0.387 e. The zero-order valence-electron chi connectivity index (χ0n) is 22.7. The Morgan fingerprint density at radius 3 is 2.64 bits per heavy atom. The van der Waals surface area contributed by atoms with Gasteiger partial charge in [-0.25, -0.2) is 4.98 Å². The van der Waals surface area contributed by atoms with Gasteiger partial charge < -0.3 is 15.0 Å². The molecule has 3 aromatic rings. The van der Waals surface area contributed by atoms with E-state index in [1.165, 1.54) is 11.1 Å². The number of H-pyrrole nitrogens is 1. The molecule has 2 N–H and O–H groups in total. The number of nitrogens with zero attached hydrogens (tertiary/aromatic N) is 4. The number of aromatic nitrogens is 2. The molecule has 1 fully saturated rings. The second kappa shape index (κ2) is 14.0. The highest BCUT2D eigenvalue weighted by Gasteiger charge is 2.19. The third kappa shape index (κ3) is 7.52. The average Bonchev–Trinajstić information content (AvgIpc) is 3.15. The third-order valence-corrected chi connectivity index (χ3v) is 6.40. The summed E-state index contributed by atoms with van der Waals surface area (Å²) in [7, 11) is 0. The molecule has 0 amide bonds. The molecule has 1 aliphatic heterocycles. The molecule has 0 spiro atoms. The van der Waals surface area contributed by atoms with Gasteiger partial charge in [-0.15, -0.1) is 0 Å². The van der Waals surface area contributed by atoms with E-state index in [1.807, 2.05) is 44.2 Å².